The summed E-state index contributed by atoms with van der Waals surface area (Å²) in [7, 11) is 0. The van der Waals surface area contributed by atoms with E-state index in [-0.39, 0.29) is 5.54 Å². The summed E-state index contributed by atoms with van der Waals surface area (Å²) in [6, 6.07) is 29.5. The Morgan fingerprint density at radius 2 is 1.57 bits per heavy atom. The maximum absolute atomic E-state index is 6.68. The lowest BCUT2D eigenvalue weighted by molar-refractivity contribution is -0.856. The summed E-state index contributed by atoms with van der Waals surface area (Å²) >= 11 is 0. The fraction of sp³-hybridized carbons (Fsp3) is 0.289. The van der Waals surface area contributed by atoms with Crippen LogP contribution in [0.3, 0.4) is 0 Å². The van der Waals surface area contributed by atoms with Gasteiger partial charge in [0.15, 0.2) is 18.0 Å². The Bertz CT molecular complexity index is 2030. The Kier molecular flexibility index (Phi) is 5.50. The topological polar surface area (TPSA) is 33.8 Å². The van der Waals surface area contributed by atoms with Gasteiger partial charge in [0.2, 0.25) is 22.6 Å². The van der Waals surface area contributed by atoms with Gasteiger partial charge in [-0.3, -0.25) is 0 Å². The largest absolute Gasteiger partial charge is 0.437 e. The molecule has 1 atom stereocenters. The van der Waals surface area contributed by atoms with Gasteiger partial charge in [0.25, 0.3) is 5.54 Å². The van der Waals surface area contributed by atoms with Crippen LogP contribution in [-0.2, 0) is 17.5 Å². The second-order valence-corrected chi connectivity index (χ2v) is 12.1. The SMILES string of the molecule is CCCCc1cc[n+]2c(c1)-c1ccccc1C1(c3ccc4c(oc5nc(C)ccc54)c3-c3cccc[n+]31)C2(CC)CC. The van der Waals surface area contributed by atoms with Crippen molar-refractivity contribution in [2.24, 2.45) is 0 Å². The van der Waals surface area contributed by atoms with Gasteiger partial charge in [0, 0.05) is 59.1 Å². The van der Waals surface area contributed by atoms with Crippen LogP contribution < -0.4 is 9.13 Å². The Morgan fingerprint density at radius 1 is 0.762 bits per heavy atom. The van der Waals surface area contributed by atoms with Crippen molar-refractivity contribution in [2.75, 3.05) is 0 Å². The number of benzene rings is 2. The molecule has 0 saturated heterocycles. The Hall–Kier alpha value is -4.31. The van der Waals surface area contributed by atoms with Crippen LogP contribution in [0.5, 0.6) is 0 Å². The minimum Gasteiger partial charge on any atom is -0.437 e. The molecule has 2 aliphatic rings. The number of pyridine rings is 3. The van der Waals surface area contributed by atoms with Gasteiger partial charge in [-0.2, -0.15) is 9.13 Å². The summed E-state index contributed by atoms with van der Waals surface area (Å²) in [6.07, 6.45) is 10.2. The number of nitrogens with zero attached hydrogens (tertiary/aromatic N) is 3. The molecule has 6 aromatic rings. The molecule has 4 nitrogen and oxygen atoms in total. The lowest BCUT2D eigenvalue weighted by Gasteiger charge is -2.44. The van der Waals surface area contributed by atoms with E-state index >= 15 is 0 Å². The second kappa shape index (κ2) is 9.09. The lowest BCUT2D eigenvalue weighted by Crippen LogP contribution is -2.78. The summed E-state index contributed by atoms with van der Waals surface area (Å²) in [4.78, 5) is 4.78. The first kappa shape index (κ1) is 25.4. The van der Waals surface area contributed by atoms with E-state index in [0.29, 0.717) is 5.71 Å². The van der Waals surface area contributed by atoms with E-state index in [1.807, 2.05) is 6.92 Å². The highest BCUT2D eigenvalue weighted by Gasteiger charge is 2.73. The average molecular weight is 552 g/mol. The summed E-state index contributed by atoms with van der Waals surface area (Å²) in [5.74, 6) is 0. The van der Waals surface area contributed by atoms with Gasteiger partial charge in [-0.1, -0.05) is 45.4 Å². The van der Waals surface area contributed by atoms with Crippen LogP contribution in [0.25, 0.3) is 44.6 Å². The third-order valence-electron chi connectivity index (χ3n) is 10.2. The number of furan rings is 1. The number of aromatic nitrogens is 3. The molecule has 0 radical (unpaired) electrons. The third kappa shape index (κ3) is 3.00. The predicted octanol–water partition coefficient (Wildman–Crippen LogP) is 8.18. The van der Waals surface area contributed by atoms with E-state index in [1.165, 1.54) is 52.0 Å². The molecule has 0 amide bonds. The minimum atomic E-state index is -0.460. The van der Waals surface area contributed by atoms with Crippen molar-refractivity contribution in [2.45, 2.75) is 70.9 Å². The Labute approximate surface area is 247 Å². The van der Waals surface area contributed by atoms with Gasteiger partial charge in [-0.05, 0) is 61.7 Å². The van der Waals surface area contributed by atoms with Crippen molar-refractivity contribution in [1.82, 2.24) is 4.98 Å². The molecule has 4 heteroatoms. The molecule has 0 N–H and O–H groups in total. The first-order valence-electron chi connectivity index (χ1n) is 15.6. The maximum Gasteiger partial charge on any atom is 0.284 e. The molecule has 2 aromatic carbocycles. The van der Waals surface area contributed by atoms with Gasteiger partial charge in [-0.25, -0.2) is 4.98 Å². The average Bonchev–Trinajstić information content (AvgIpc) is 3.54. The van der Waals surface area contributed by atoms with Crippen molar-refractivity contribution < 1.29 is 13.6 Å². The highest BCUT2D eigenvalue weighted by atomic mass is 16.3. The molecule has 0 aliphatic carbocycles. The van der Waals surface area contributed by atoms with Crippen LogP contribution in [-0.4, -0.2) is 4.98 Å². The van der Waals surface area contributed by atoms with Gasteiger partial charge in [-0.15, -0.1) is 0 Å². The molecule has 0 bridgehead atoms. The van der Waals surface area contributed by atoms with Crippen LogP contribution in [0.1, 0.15) is 68.8 Å². The number of unbranched alkanes of at least 4 members (excludes halogenated alkanes) is 1. The number of hydrogen-bond acceptors (Lipinski definition) is 2. The van der Waals surface area contributed by atoms with Gasteiger partial charge in [0.05, 0.1) is 11.1 Å². The molecule has 6 heterocycles. The summed E-state index contributed by atoms with van der Waals surface area (Å²) < 4.78 is 11.9. The van der Waals surface area contributed by atoms with Crippen LogP contribution in [0.4, 0.5) is 0 Å². The first-order valence-corrected chi connectivity index (χ1v) is 15.6. The quantitative estimate of drug-likeness (QED) is 0.203. The monoisotopic (exact) mass is 551 g/mol. The highest BCUT2D eigenvalue weighted by molar-refractivity contribution is 6.09. The summed E-state index contributed by atoms with van der Waals surface area (Å²) in [5, 5.41) is 2.20. The van der Waals surface area contributed by atoms with Crippen molar-refractivity contribution in [3.63, 3.8) is 0 Å². The van der Waals surface area contributed by atoms with Gasteiger partial charge >= 0.3 is 0 Å². The molecule has 42 heavy (non-hydrogen) atoms. The molecule has 8 rings (SSSR count). The van der Waals surface area contributed by atoms with Gasteiger partial charge in [0.1, 0.15) is 5.56 Å². The van der Waals surface area contributed by atoms with Crippen LogP contribution in [0.2, 0.25) is 0 Å². The lowest BCUT2D eigenvalue weighted by atomic mass is 9.61. The summed E-state index contributed by atoms with van der Waals surface area (Å²) in [6.45, 7) is 9.03. The third-order valence-corrected chi connectivity index (χ3v) is 10.2. The second-order valence-electron chi connectivity index (χ2n) is 12.1. The highest BCUT2D eigenvalue weighted by Crippen LogP contribution is 2.57. The zero-order chi connectivity index (χ0) is 28.6. The normalized spacial score (nSPS) is 17.8. The van der Waals surface area contributed by atoms with Gasteiger partial charge < -0.3 is 4.42 Å². The van der Waals surface area contributed by atoms with E-state index in [1.54, 1.807) is 0 Å². The number of fused-ring (bicyclic) bond motifs is 13. The smallest absolute Gasteiger partial charge is 0.284 e. The summed E-state index contributed by atoms with van der Waals surface area (Å²) in [5.41, 5.74) is 11.0. The zero-order valence-electron chi connectivity index (χ0n) is 24.9. The molecule has 0 saturated carbocycles. The molecule has 208 valence electrons. The predicted molar refractivity (Wildman–Crippen MR) is 167 cm³/mol. The number of hydrogen-bond donors (Lipinski definition) is 0. The molecule has 1 unspecified atom stereocenters. The van der Waals surface area contributed by atoms with E-state index in [2.05, 4.69) is 121 Å². The molecular formula is C38H37N3O+2. The molecule has 4 aromatic heterocycles. The van der Waals surface area contributed by atoms with Crippen molar-refractivity contribution in [3.05, 3.63) is 114 Å². The van der Waals surface area contributed by atoms with E-state index in [9.17, 15) is 0 Å². The molecule has 2 aliphatic heterocycles. The number of aryl methyl sites for hydroxylation is 2. The van der Waals surface area contributed by atoms with Crippen LogP contribution in [0, 0.1) is 6.92 Å². The first-order chi connectivity index (χ1) is 20.6. The standard InChI is InChI=1S/C38H37N3O/c1-5-8-13-26-21-23-40-33(24-26)29-14-9-10-15-30(29)38(37(40,6-2)7-3)31-20-19-27-28-18-17-25(4)39-36(28)42-35(27)34(31)32-16-11-12-22-41(32)38/h9-12,14-24H,5-8,13H2,1-4H3/q+2. The van der Waals surface area contributed by atoms with E-state index < -0.39 is 5.54 Å². The fourth-order valence-corrected chi connectivity index (χ4v) is 8.40. The zero-order valence-corrected chi connectivity index (χ0v) is 24.9. The Balaban J connectivity index is 1.53. The van der Waals surface area contributed by atoms with Crippen molar-refractivity contribution in [3.8, 4) is 22.5 Å². The molecule has 0 fully saturated rings. The molecular weight excluding hydrogens is 514 g/mol. The maximum atomic E-state index is 6.68. The number of rotatable bonds is 5. The fourth-order valence-electron chi connectivity index (χ4n) is 8.40. The van der Waals surface area contributed by atoms with Crippen molar-refractivity contribution >= 4 is 22.1 Å². The van der Waals surface area contributed by atoms with Crippen LogP contribution >= 0.6 is 0 Å². The molecule has 1 spiro atoms. The Morgan fingerprint density at radius 3 is 2.40 bits per heavy atom. The van der Waals surface area contributed by atoms with Crippen molar-refractivity contribution in [1.29, 1.82) is 0 Å². The van der Waals surface area contributed by atoms with Crippen LogP contribution in [0.15, 0.2) is 95.7 Å². The minimum absolute atomic E-state index is 0.249. The van der Waals surface area contributed by atoms with E-state index in [0.717, 1.165) is 41.3 Å². The van der Waals surface area contributed by atoms with E-state index in [4.69, 9.17) is 9.40 Å².